The van der Waals surface area contributed by atoms with Crippen molar-refractivity contribution < 1.29 is 40.8 Å². The second kappa shape index (κ2) is 10.6. The first-order valence-corrected chi connectivity index (χ1v) is 12.4. The molecule has 0 spiro atoms. The molecular weight excluding hydrogens is 519 g/mol. The van der Waals surface area contributed by atoms with Crippen molar-refractivity contribution in [1.82, 2.24) is 19.7 Å². The van der Waals surface area contributed by atoms with Crippen LogP contribution in [0, 0.1) is 29.3 Å². The summed E-state index contributed by atoms with van der Waals surface area (Å²) in [6.07, 6.45) is 1.54. The van der Waals surface area contributed by atoms with Crippen LogP contribution in [0.5, 0.6) is 0 Å². The molecule has 2 aromatic heterocycles. The number of hydrogen-bond acceptors (Lipinski definition) is 9. The Hall–Kier alpha value is -3.24. The van der Waals surface area contributed by atoms with E-state index in [1.54, 1.807) is 0 Å². The Morgan fingerprint density at radius 3 is 2.57 bits per heavy atom. The Bertz CT molecular complexity index is 1420. The lowest BCUT2D eigenvalue weighted by Crippen LogP contribution is -2.31. The van der Waals surface area contributed by atoms with Crippen molar-refractivity contribution in [3.8, 4) is 0 Å². The molecule has 1 aliphatic carbocycles. The molecule has 0 aliphatic heterocycles. The molecule has 1 fully saturated rings. The van der Waals surface area contributed by atoms with Crippen LogP contribution < -0.4 is 5.14 Å². The van der Waals surface area contributed by atoms with Crippen molar-refractivity contribution in [2.75, 3.05) is 6.61 Å². The van der Waals surface area contributed by atoms with Crippen molar-refractivity contribution >= 4 is 16.1 Å². The standard InChI is InChI=1S/C22H22F3N5O6S/c23-15-6-17(25)16(24)4-12(15)8-30-2-1-18(29-30)22(33)14-7-27-10-28-19(14)5-11-3-13(21(32)20(11)31)9-36-37(26,34)35/h1-2,4,6-7,10-11,13,20-21,31-32H,3,5,8-9H2,(H2,26,34,35)/t11-,13+,20-,21+/m0/s1. The first-order chi connectivity index (χ1) is 17.4. The molecule has 0 bridgehead atoms. The fourth-order valence-electron chi connectivity index (χ4n) is 4.30. The molecule has 2 heterocycles. The van der Waals surface area contributed by atoms with Crippen LogP contribution >= 0.6 is 0 Å². The van der Waals surface area contributed by atoms with Gasteiger partial charge in [0.1, 0.15) is 17.8 Å². The molecule has 4 rings (SSSR count). The zero-order chi connectivity index (χ0) is 26.9. The van der Waals surface area contributed by atoms with E-state index in [-0.39, 0.29) is 41.9 Å². The molecule has 4 N–H and O–H groups in total. The second-order valence-electron chi connectivity index (χ2n) is 8.69. The number of hydrogen-bond donors (Lipinski definition) is 3. The van der Waals surface area contributed by atoms with Crippen LogP contribution in [-0.2, 0) is 27.5 Å². The number of benzene rings is 1. The van der Waals surface area contributed by atoms with Gasteiger partial charge in [-0.05, 0) is 30.9 Å². The maximum Gasteiger partial charge on any atom is 0.333 e. The highest BCUT2D eigenvalue weighted by atomic mass is 32.2. The number of nitrogens with two attached hydrogens (primary N) is 1. The first kappa shape index (κ1) is 26.8. The molecule has 11 nitrogen and oxygen atoms in total. The fraction of sp³-hybridized carbons (Fsp3) is 0.364. The lowest BCUT2D eigenvalue weighted by molar-refractivity contribution is -0.00334. The third-order valence-electron chi connectivity index (χ3n) is 6.16. The minimum Gasteiger partial charge on any atom is -0.390 e. The van der Waals surface area contributed by atoms with Crippen molar-refractivity contribution in [1.29, 1.82) is 0 Å². The lowest BCUT2D eigenvalue weighted by Gasteiger charge is -2.17. The van der Waals surface area contributed by atoms with Crippen LogP contribution in [0.3, 0.4) is 0 Å². The smallest absolute Gasteiger partial charge is 0.333 e. The lowest BCUT2D eigenvalue weighted by atomic mass is 9.95. The van der Waals surface area contributed by atoms with Gasteiger partial charge in [-0.1, -0.05) is 0 Å². The number of ketones is 1. The Balaban J connectivity index is 1.49. The van der Waals surface area contributed by atoms with Gasteiger partial charge in [0.2, 0.25) is 5.78 Å². The summed E-state index contributed by atoms with van der Waals surface area (Å²) < 4.78 is 68.5. The highest BCUT2D eigenvalue weighted by Crippen LogP contribution is 2.35. The van der Waals surface area contributed by atoms with Gasteiger partial charge >= 0.3 is 10.3 Å². The van der Waals surface area contributed by atoms with Gasteiger partial charge in [0, 0.05) is 29.9 Å². The van der Waals surface area contributed by atoms with Crippen molar-refractivity contribution in [2.45, 2.75) is 31.6 Å². The van der Waals surface area contributed by atoms with E-state index in [0.717, 1.165) is 0 Å². The zero-order valence-electron chi connectivity index (χ0n) is 19.0. The number of carbonyl (C=O) groups excluding carboxylic acids is 1. The molecule has 1 aromatic carbocycles. The maximum atomic E-state index is 14.0. The molecule has 0 unspecified atom stereocenters. The summed E-state index contributed by atoms with van der Waals surface area (Å²) in [5, 5.41) is 29.6. The predicted molar refractivity (Wildman–Crippen MR) is 119 cm³/mol. The van der Waals surface area contributed by atoms with Gasteiger partial charge in [-0.2, -0.15) is 13.5 Å². The normalized spacial score (nSPS) is 21.9. The Labute approximate surface area is 209 Å². The maximum absolute atomic E-state index is 14.0. The number of aromatic nitrogens is 4. The van der Waals surface area contributed by atoms with Crippen LogP contribution in [0.15, 0.2) is 36.9 Å². The third-order valence-corrected chi connectivity index (χ3v) is 6.62. The molecule has 3 aromatic rings. The monoisotopic (exact) mass is 541 g/mol. The third kappa shape index (κ3) is 6.19. The van der Waals surface area contributed by atoms with E-state index in [9.17, 15) is 36.6 Å². The molecule has 37 heavy (non-hydrogen) atoms. The summed E-state index contributed by atoms with van der Waals surface area (Å²) in [7, 11) is -4.23. The molecule has 1 aliphatic rings. The van der Waals surface area contributed by atoms with Crippen LogP contribution in [0.1, 0.15) is 33.7 Å². The van der Waals surface area contributed by atoms with Gasteiger partial charge in [0.15, 0.2) is 11.6 Å². The topological polar surface area (TPSA) is 171 Å². The number of aliphatic hydroxyl groups excluding tert-OH is 2. The van der Waals surface area contributed by atoms with E-state index in [2.05, 4.69) is 19.2 Å². The summed E-state index contributed by atoms with van der Waals surface area (Å²) in [6.45, 7) is -0.679. The SMILES string of the molecule is NS(=O)(=O)OC[C@H]1C[C@@H](Cc2ncncc2C(=O)c2ccn(Cc3cc(F)c(F)cc3F)n2)[C@H](O)[C@@H]1O. The number of aliphatic hydroxyl groups is 2. The molecule has 0 saturated heterocycles. The molecular formula is C22H22F3N5O6S. The summed E-state index contributed by atoms with van der Waals surface area (Å²) in [4.78, 5) is 21.1. The Morgan fingerprint density at radius 1 is 1.14 bits per heavy atom. The van der Waals surface area contributed by atoms with Gasteiger partial charge < -0.3 is 10.2 Å². The summed E-state index contributed by atoms with van der Waals surface area (Å²) in [5.74, 6) is -5.39. The van der Waals surface area contributed by atoms with Crippen LogP contribution in [0.4, 0.5) is 13.2 Å². The van der Waals surface area contributed by atoms with Crippen molar-refractivity contribution in [2.24, 2.45) is 17.0 Å². The van der Waals surface area contributed by atoms with E-state index in [4.69, 9.17) is 5.14 Å². The van der Waals surface area contributed by atoms with Gasteiger partial charge in [0.25, 0.3) is 0 Å². The van der Waals surface area contributed by atoms with E-state index in [0.29, 0.717) is 12.1 Å². The summed E-state index contributed by atoms with van der Waals surface area (Å²) in [5.41, 5.74) is 0.105. The number of carbonyl (C=O) groups is 1. The number of nitrogens with zero attached hydrogens (tertiary/aromatic N) is 4. The fourth-order valence-corrected chi connectivity index (χ4v) is 4.67. The molecule has 0 amide bonds. The molecule has 198 valence electrons. The largest absolute Gasteiger partial charge is 0.390 e. The molecule has 1 saturated carbocycles. The van der Waals surface area contributed by atoms with Crippen LogP contribution in [-0.4, -0.2) is 63.0 Å². The minimum absolute atomic E-state index is 0.0501. The number of halogens is 3. The predicted octanol–water partition coefficient (Wildman–Crippen LogP) is 0.490. The van der Waals surface area contributed by atoms with Gasteiger partial charge in [0.05, 0.1) is 36.6 Å². The first-order valence-electron chi connectivity index (χ1n) is 11.0. The Kier molecular flexibility index (Phi) is 7.70. The molecule has 0 radical (unpaired) electrons. The minimum atomic E-state index is -4.23. The van der Waals surface area contributed by atoms with Crippen LogP contribution in [0.2, 0.25) is 0 Å². The van der Waals surface area contributed by atoms with Gasteiger partial charge in [-0.3, -0.25) is 13.7 Å². The van der Waals surface area contributed by atoms with E-state index in [1.807, 2.05) is 0 Å². The second-order valence-corrected chi connectivity index (χ2v) is 9.91. The van der Waals surface area contributed by atoms with Crippen molar-refractivity contribution in [3.05, 3.63) is 76.9 Å². The zero-order valence-corrected chi connectivity index (χ0v) is 19.9. The average Bonchev–Trinajstić information content (AvgIpc) is 3.41. The van der Waals surface area contributed by atoms with E-state index >= 15 is 0 Å². The van der Waals surface area contributed by atoms with Crippen LogP contribution in [0.25, 0.3) is 0 Å². The summed E-state index contributed by atoms with van der Waals surface area (Å²) in [6, 6.07) is 2.49. The average molecular weight is 542 g/mol. The number of rotatable bonds is 9. The van der Waals surface area contributed by atoms with Crippen molar-refractivity contribution in [3.63, 3.8) is 0 Å². The van der Waals surface area contributed by atoms with E-state index < -0.39 is 64.2 Å². The van der Waals surface area contributed by atoms with Gasteiger partial charge in [-0.25, -0.2) is 28.3 Å². The van der Waals surface area contributed by atoms with E-state index in [1.165, 1.54) is 29.5 Å². The Morgan fingerprint density at radius 2 is 1.84 bits per heavy atom. The molecule has 4 atom stereocenters. The highest BCUT2D eigenvalue weighted by molar-refractivity contribution is 7.84. The van der Waals surface area contributed by atoms with Gasteiger partial charge in [-0.15, -0.1) is 0 Å². The summed E-state index contributed by atoms with van der Waals surface area (Å²) >= 11 is 0. The highest BCUT2D eigenvalue weighted by Gasteiger charge is 2.42. The molecule has 15 heteroatoms. The quantitative estimate of drug-likeness (QED) is 0.258.